The number of nitrogens with two attached hydrogens (primary N) is 1. The van der Waals surface area contributed by atoms with E-state index in [0.29, 0.717) is 12.6 Å². The van der Waals surface area contributed by atoms with Crippen molar-refractivity contribution in [2.45, 2.75) is 58.5 Å². The summed E-state index contributed by atoms with van der Waals surface area (Å²) in [6.45, 7) is 4.65. The van der Waals surface area contributed by atoms with Crippen LogP contribution in [0.25, 0.3) is 0 Å². The van der Waals surface area contributed by atoms with Crippen LogP contribution in [0, 0.1) is 13.8 Å². The van der Waals surface area contributed by atoms with Gasteiger partial charge in [0, 0.05) is 35.2 Å². The maximum atomic E-state index is 5.83. The SMILES string of the molecule is Cc1cc(NC2CCCCC2)c(CN)c(C)n1. The molecular weight excluding hydrogens is 210 g/mol. The fraction of sp³-hybridized carbons (Fsp3) is 0.643. The van der Waals surface area contributed by atoms with Crippen molar-refractivity contribution >= 4 is 5.69 Å². The summed E-state index contributed by atoms with van der Waals surface area (Å²) in [6.07, 6.45) is 6.64. The molecule has 1 heterocycles. The third-order valence-corrected chi connectivity index (χ3v) is 3.63. The summed E-state index contributed by atoms with van der Waals surface area (Å²) in [4.78, 5) is 4.48. The number of anilines is 1. The zero-order valence-electron chi connectivity index (χ0n) is 10.9. The molecule has 0 aliphatic heterocycles. The Balaban J connectivity index is 2.18. The van der Waals surface area contributed by atoms with Gasteiger partial charge in [-0.2, -0.15) is 0 Å². The van der Waals surface area contributed by atoms with Crippen LogP contribution in [-0.2, 0) is 6.54 Å². The molecule has 0 saturated heterocycles. The molecule has 0 bridgehead atoms. The first kappa shape index (κ1) is 12.4. The predicted octanol–water partition coefficient (Wildman–Crippen LogP) is 2.90. The molecule has 0 radical (unpaired) electrons. The monoisotopic (exact) mass is 233 g/mol. The average molecular weight is 233 g/mol. The van der Waals surface area contributed by atoms with Crippen LogP contribution in [0.3, 0.4) is 0 Å². The second-order valence-corrected chi connectivity index (χ2v) is 5.06. The molecule has 3 nitrogen and oxygen atoms in total. The van der Waals surface area contributed by atoms with E-state index in [1.165, 1.54) is 43.4 Å². The molecule has 1 saturated carbocycles. The van der Waals surface area contributed by atoms with Crippen LogP contribution < -0.4 is 11.1 Å². The molecule has 3 N–H and O–H groups in total. The van der Waals surface area contributed by atoms with Gasteiger partial charge < -0.3 is 11.1 Å². The van der Waals surface area contributed by atoms with Gasteiger partial charge in [0.1, 0.15) is 0 Å². The van der Waals surface area contributed by atoms with E-state index in [2.05, 4.69) is 16.4 Å². The Labute approximate surface area is 104 Å². The van der Waals surface area contributed by atoms with Crippen molar-refractivity contribution in [3.05, 3.63) is 23.0 Å². The zero-order chi connectivity index (χ0) is 12.3. The third-order valence-electron chi connectivity index (χ3n) is 3.63. The van der Waals surface area contributed by atoms with Gasteiger partial charge in [-0.3, -0.25) is 4.98 Å². The Morgan fingerprint density at radius 1 is 1.29 bits per heavy atom. The van der Waals surface area contributed by atoms with E-state index in [0.717, 1.165) is 11.4 Å². The van der Waals surface area contributed by atoms with Crippen LogP contribution in [0.1, 0.15) is 49.1 Å². The van der Waals surface area contributed by atoms with E-state index < -0.39 is 0 Å². The summed E-state index contributed by atoms with van der Waals surface area (Å²) in [6, 6.07) is 2.75. The molecule has 0 aromatic carbocycles. The average Bonchev–Trinajstić information content (AvgIpc) is 2.30. The number of aromatic nitrogens is 1. The molecule has 17 heavy (non-hydrogen) atoms. The Kier molecular flexibility index (Phi) is 4.00. The van der Waals surface area contributed by atoms with Gasteiger partial charge in [0.05, 0.1) is 0 Å². The minimum Gasteiger partial charge on any atom is -0.382 e. The molecule has 0 atom stereocenters. The Morgan fingerprint density at radius 3 is 2.65 bits per heavy atom. The van der Waals surface area contributed by atoms with Crippen molar-refractivity contribution in [2.75, 3.05) is 5.32 Å². The van der Waals surface area contributed by atoms with Gasteiger partial charge in [-0.25, -0.2) is 0 Å². The van der Waals surface area contributed by atoms with Gasteiger partial charge in [-0.05, 0) is 32.8 Å². The lowest BCUT2D eigenvalue weighted by Gasteiger charge is -2.25. The maximum absolute atomic E-state index is 5.83. The van der Waals surface area contributed by atoms with Crippen molar-refractivity contribution in [1.29, 1.82) is 0 Å². The molecule has 3 heteroatoms. The molecule has 1 aromatic heterocycles. The lowest BCUT2D eigenvalue weighted by molar-refractivity contribution is 0.462. The van der Waals surface area contributed by atoms with Crippen molar-refractivity contribution < 1.29 is 0 Å². The second kappa shape index (κ2) is 5.50. The van der Waals surface area contributed by atoms with Crippen molar-refractivity contribution in [3.8, 4) is 0 Å². The Morgan fingerprint density at radius 2 is 2.00 bits per heavy atom. The minimum absolute atomic E-state index is 0.564. The first-order valence-electron chi connectivity index (χ1n) is 6.64. The first-order chi connectivity index (χ1) is 8.20. The molecule has 94 valence electrons. The molecule has 0 spiro atoms. The summed E-state index contributed by atoms with van der Waals surface area (Å²) in [5.74, 6) is 0. The zero-order valence-corrected chi connectivity index (χ0v) is 10.9. The highest BCUT2D eigenvalue weighted by Gasteiger charge is 2.15. The van der Waals surface area contributed by atoms with E-state index in [-0.39, 0.29) is 0 Å². The smallest absolute Gasteiger partial charge is 0.0441 e. The van der Waals surface area contributed by atoms with E-state index in [1.807, 2.05) is 13.8 Å². The summed E-state index contributed by atoms with van der Waals surface area (Å²) in [7, 11) is 0. The number of aryl methyl sites for hydroxylation is 2. The summed E-state index contributed by atoms with van der Waals surface area (Å²) < 4.78 is 0. The summed E-state index contributed by atoms with van der Waals surface area (Å²) in [5, 5.41) is 3.66. The lowest BCUT2D eigenvalue weighted by Crippen LogP contribution is -2.23. The number of hydrogen-bond donors (Lipinski definition) is 2. The quantitative estimate of drug-likeness (QED) is 0.844. The molecule has 0 amide bonds. The highest BCUT2D eigenvalue weighted by atomic mass is 14.9. The lowest BCUT2D eigenvalue weighted by atomic mass is 9.95. The summed E-state index contributed by atoms with van der Waals surface area (Å²) >= 11 is 0. The van der Waals surface area contributed by atoms with Gasteiger partial charge in [-0.1, -0.05) is 19.3 Å². The van der Waals surface area contributed by atoms with Crippen LogP contribution in [0.5, 0.6) is 0 Å². The number of rotatable bonds is 3. The van der Waals surface area contributed by atoms with Crippen LogP contribution in [0.2, 0.25) is 0 Å². The normalized spacial score (nSPS) is 17.1. The maximum Gasteiger partial charge on any atom is 0.0441 e. The second-order valence-electron chi connectivity index (χ2n) is 5.06. The Bertz CT molecular complexity index is 381. The predicted molar refractivity (Wildman–Crippen MR) is 72.1 cm³/mol. The molecule has 2 rings (SSSR count). The van der Waals surface area contributed by atoms with E-state index in [9.17, 15) is 0 Å². The molecule has 1 aliphatic carbocycles. The van der Waals surface area contributed by atoms with Gasteiger partial charge >= 0.3 is 0 Å². The highest BCUT2D eigenvalue weighted by Crippen LogP contribution is 2.25. The number of nitrogens with one attached hydrogen (secondary N) is 1. The molecule has 1 aromatic rings. The molecule has 1 aliphatic rings. The number of nitrogens with zero attached hydrogens (tertiary/aromatic N) is 1. The van der Waals surface area contributed by atoms with Crippen molar-refractivity contribution in [2.24, 2.45) is 5.73 Å². The topological polar surface area (TPSA) is 50.9 Å². The molecular formula is C14H23N3. The fourth-order valence-corrected chi connectivity index (χ4v) is 2.71. The van der Waals surface area contributed by atoms with Crippen LogP contribution >= 0.6 is 0 Å². The van der Waals surface area contributed by atoms with E-state index in [1.54, 1.807) is 0 Å². The number of pyridine rings is 1. The van der Waals surface area contributed by atoms with E-state index >= 15 is 0 Å². The Hall–Kier alpha value is -1.09. The standard InChI is InChI=1S/C14H23N3/c1-10-8-14(13(9-15)11(2)16-10)17-12-6-4-3-5-7-12/h8,12H,3-7,9,15H2,1-2H3,(H,16,17). The minimum atomic E-state index is 0.564. The van der Waals surface area contributed by atoms with Gasteiger partial charge in [0.2, 0.25) is 0 Å². The first-order valence-corrected chi connectivity index (χ1v) is 6.64. The van der Waals surface area contributed by atoms with Crippen LogP contribution in [-0.4, -0.2) is 11.0 Å². The van der Waals surface area contributed by atoms with Gasteiger partial charge in [0.15, 0.2) is 0 Å². The van der Waals surface area contributed by atoms with Crippen molar-refractivity contribution in [1.82, 2.24) is 4.98 Å². The van der Waals surface area contributed by atoms with Crippen LogP contribution in [0.4, 0.5) is 5.69 Å². The van der Waals surface area contributed by atoms with Crippen LogP contribution in [0.15, 0.2) is 6.07 Å². The van der Waals surface area contributed by atoms with Crippen molar-refractivity contribution in [3.63, 3.8) is 0 Å². The molecule has 0 unspecified atom stereocenters. The number of hydrogen-bond acceptors (Lipinski definition) is 3. The largest absolute Gasteiger partial charge is 0.382 e. The van der Waals surface area contributed by atoms with Gasteiger partial charge in [-0.15, -0.1) is 0 Å². The van der Waals surface area contributed by atoms with Gasteiger partial charge in [0.25, 0.3) is 0 Å². The fourth-order valence-electron chi connectivity index (χ4n) is 2.71. The third kappa shape index (κ3) is 2.97. The highest BCUT2D eigenvalue weighted by molar-refractivity contribution is 5.54. The van der Waals surface area contributed by atoms with E-state index in [4.69, 9.17) is 5.73 Å². The summed E-state index contributed by atoms with van der Waals surface area (Å²) in [5.41, 5.74) is 10.3. The molecule has 1 fully saturated rings.